The molecule has 0 N–H and O–H groups in total. The van der Waals surface area contributed by atoms with Gasteiger partial charge in [0.15, 0.2) is 0 Å². The number of carbonyl (C=O) groups excluding carboxylic acids is 1. The molecule has 2 aliphatic heterocycles. The Bertz CT molecular complexity index is 803. The number of fused-ring (bicyclic) bond motifs is 3. The maximum Gasteiger partial charge on any atom is 0.260 e. The van der Waals surface area contributed by atoms with Gasteiger partial charge in [-0.2, -0.15) is 10.1 Å². The van der Waals surface area contributed by atoms with Gasteiger partial charge in [-0.1, -0.05) is 18.2 Å². The summed E-state index contributed by atoms with van der Waals surface area (Å²) in [5.74, 6) is 0.281. The Kier molecular flexibility index (Phi) is 2.87. The Labute approximate surface area is 131 Å². The summed E-state index contributed by atoms with van der Waals surface area (Å²) < 4.78 is 13.1. The highest BCUT2D eigenvalue weighted by Crippen LogP contribution is 2.45. The van der Waals surface area contributed by atoms with Gasteiger partial charge in [0.2, 0.25) is 0 Å². The molecule has 3 nitrogen and oxygen atoms in total. The van der Waals surface area contributed by atoms with Crippen molar-refractivity contribution >= 4 is 29.1 Å². The quantitative estimate of drug-likeness (QED) is 0.804. The fraction of sp³-hybridized carbons (Fsp3) is 0.176. The van der Waals surface area contributed by atoms with E-state index in [1.807, 2.05) is 31.2 Å². The molecular formula is C17H13FN2OS. The van der Waals surface area contributed by atoms with Crippen molar-refractivity contribution in [1.29, 1.82) is 0 Å². The van der Waals surface area contributed by atoms with Crippen LogP contribution in [0.2, 0.25) is 0 Å². The Morgan fingerprint density at radius 1 is 1.18 bits per heavy atom. The second-order valence-electron chi connectivity index (χ2n) is 5.66. The molecule has 0 spiro atoms. The van der Waals surface area contributed by atoms with E-state index in [1.54, 1.807) is 23.9 Å². The van der Waals surface area contributed by atoms with Crippen molar-refractivity contribution in [2.45, 2.75) is 11.8 Å². The first kappa shape index (κ1) is 13.5. The molecular weight excluding hydrogens is 299 g/mol. The van der Waals surface area contributed by atoms with E-state index < -0.39 is 5.41 Å². The van der Waals surface area contributed by atoms with Crippen LogP contribution in [0.5, 0.6) is 0 Å². The van der Waals surface area contributed by atoms with Crippen molar-refractivity contribution in [3.63, 3.8) is 0 Å². The third-order valence-corrected chi connectivity index (χ3v) is 5.51. The summed E-state index contributed by atoms with van der Waals surface area (Å²) in [5, 5.41) is 5.97. The molecule has 2 aromatic rings. The summed E-state index contributed by atoms with van der Waals surface area (Å²) in [4.78, 5) is 14.0. The van der Waals surface area contributed by atoms with Gasteiger partial charge in [-0.3, -0.25) is 4.79 Å². The minimum Gasteiger partial charge on any atom is -0.271 e. The molecule has 4 rings (SSSR count). The van der Waals surface area contributed by atoms with E-state index in [-0.39, 0.29) is 11.7 Å². The molecule has 2 heterocycles. The van der Waals surface area contributed by atoms with Crippen LogP contribution >= 0.6 is 11.8 Å². The number of halogens is 1. The number of hydrogen-bond donors (Lipinski definition) is 0. The Hall–Kier alpha value is -2.14. The predicted molar refractivity (Wildman–Crippen MR) is 85.7 cm³/mol. The Morgan fingerprint density at radius 2 is 1.91 bits per heavy atom. The molecule has 110 valence electrons. The van der Waals surface area contributed by atoms with Crippen LogP contribution in [0.1, 0.15) is 12.5 Å². The molecule has 0 aromatic heterocycles. The van der Waals surface area contributed by atoms with Gasteiger partial charge in [-0.05, 0) is 37.3 Å². The Morgan fingerprint density at radius 3 is 2.68 bits per heavy atom. The smallest absolute Gasteiger partial charge is 0.260 e. The first-order chi connectivity index (χ1) is 10.6. The van der Waals surface area contributed by atoms with E-state index in [4.69, 9.17) is 0 Å². The number of hydrogen-bond acceptors (Lipinski definition) is 3. The van der Waals surface area contributed by atoms with E-state index in [2.05, 4.69) is 5.10 Å². The maximum atomic E-state index is 13.1. The zero-order valence-electron chi connectivity index (χ0n) is 11.9. The Balaban J connectivity index is 1.84. The van der Waals surface area contributed by atoms with Crippen LogP contribution < -0.4 is 5.01 Å². The van der Waals surface area contributed by atoms with Gasteiger partial charge in [0.25, 0.3) is 5.91 Å². The molecule has 0 bridgehead atoms. The predicted octanol–water partition coefficient (Wildman–Crippen LogP) is 3.69. The number of anilines is 1. The summed E-state index contributed by atoms with van der Waals surface area (Å²) in [6.45, 7) is 1.93. The van der Waals surface area contributed by atoms with Gasteiger partial charge in [0.1, 0.15) is 11.2 Å². The lowest BCUT2D eigenvalue weighted by molar-refractivity contribution is -0.122. The van der Waals surface area contributed by atoms with Crippen LogP contribution in [-0.4, -0.2) is 17.4 Å². The first-order valence-corrected chi connectivity index (χ1v) is 7.99. The van der Waals surface area contributed by atoms with Crippen LogP contribution in [-0.2, 0) is 4.79 Å². The van der Waals surface area contributed by atoms with Crippen molar-refractivity contribution in [2.75, 3.05) is 10.8 Å². The standard InChI is InChI=1S/C17H13FN2OS/c1-17-10-22-14-5-3-2-4-13(14)15(17)19-20(16(17)21)12-8-6-11(18)7-9-12/h2-9H,10H2,1H3. The van der Waals surface area contributed by atoms with Crippen LogP contribution in [0, 0.1) is 11.2 Å². The lowest BCUT2D eigenvalue weighted by Crippen LogP contribution is -2.41. The zero-order chi connectivity index (χ0) is 15.3. The molecule has 1 unspecified atom stereocenters. The molecule has 22 heavy (non-hydrogen) atoms. The van der Waals surface area contributed by atoms with Crippen LogP contribution in [0.4, 0.5) is 10.1 Å². The van der Waals surface area contributed by atoms with Crippen molar-refractivity contribution in [3.05, 3.63) is 59.9 Å². The number of amides is 1. The second kappa shape index (κ2) is 4.68. The van der Waals surface area contributed by atoms with E-state index in [9.17, 15) is 9.18 Å². The highest BCUT2D eigenvalue weighted by Gasteiger charge is 2.50. The van der Waals surface area contributed by atoms with Crippen molar-refractivity contribution < 1.29 is 9.18 Å². The van der Waals surface area contributed by atoms with Gasteiger partial charge in [0, 0.05) is 16.2 Å². The van der Waals surface area contributed by atoms with Crippen molar-refractivity contribution in [1.82, 2.24) is 0 Å². The molecule has 0 radical (unpaired) electrons. The summed E-state index contributed by atoms with van der Waals surface area (Å²) in [7, 11) is 0. The summed E-state index contributed by atoms with van der Waals surface area (Å²) in [6.07, 6.45) is 0. The first-order valence-electron chi connectivity index (χ1n) is 7.01. The molecule has 0 saturated heterocycles. The maximum absolute atomic E-state index is 13.1. The molecule has 1 amide bonds. The summed E-state index contributed by atoms with van der Waals surface area (Å²) in [5.41, 5.74) is 1.78. The van der Waals surface area contributed by atoms with E-state index in [0.717, 1.165) is 16.2 Å². The third kappa shape index (κ3) is 1.82. The van der Waals surface area contributed by atoms with Gasteiger partial charge in [0.05, 0.1) is 11.4 Å². The van der Waals surface area contributed by atoms with Gasteiger partial charge < -0.3 is 0 Å². The lowest BCUT2D eigenvalue weighted by Gasteiger charge is -2.29. The molecule has 2 aromatic carbocycles. The molecule has 0 fully saturated rings. The third-order valence-electron chi connectivity index (χ3n) is 4.12. The fourth-order valence-corrected chi connectivity index (χ4v) is 4.04. The molecule has 2 aliphatic rings. The lowest BCUT2D eigenvalue weighted by atomic mass is 9.83. The van der Waals surface area contributed by atoms with E-state index in [1.165, 1.54) is 17.1 Å². The normalized spacial score (nSPS) is 23.1. The number of carbonyl (C=O) groups is 1. The average molecular weight is 312 g/mol. The second-order valence-corrected chi connectivity index (χ2v) is 6.68. The molecule has 0 aliphatic carbocycles. The highest BCUT2D eigenvalue weighted by atomic mass is 32.2. The van der Waals surface area contributed by atoms with E-state index in [0.29, 0.717) is 11.4 Å². The van der Waals surface area contributed by atoms with Gasteiger partial charge in [-0.25, -0.2) is 4.39 Å². The fourth-order valence-electron chi connectivity index (χ4n) is 2.84. The number of nitrogens with zero attached hydrogens (tertiary/aromatic N) is 2. The van der Waals surface area contributed by atoms with Crippen LogP contribution in [0.15, 0.2) is 58.5 Å². The average Bonchev–Trinajstić information content (AvgIpc) is 2.81. The minimum atomic E-state index is -0.632. The minimum absolute atomic E-state index is 0.0592. The number of hydrazone groups is 1. The van der Waals surface area contributed by atoms with Gasteiger partial charge >= 0.3 is 0 Å². The number of benzene rings is 2. The molecule has 0 saturated carbocycles. The SMILES string of the molecule is CC12CSc3ccccc3C1=NN(c1ccc(F)cc1)C2=O. The zero-order valence-corrected chi connectivity index (χ0v) is 12.7. The van der Waals surface area contributed by atoms with Crippen molar-refractivity contribution in [3.8, 4) is 0 Å². The largest absolute Gasteiger partial charge is 0.271 e. The van der Waals surface area contributed by atoms with Crippen LogP contribution in [0.25, 0.3) is 0 Å². The highest BCUT2D eigenvalue weighted by molar-refractivity contribution is 7.99. The summed E-state index contributed by atoms with van der Waals surface area (Å²) >= 11 is 1.68. The molecule has 5 heteroatoms. The van der Waals surface area contributed by atoms with Gasteiger partial charge in [-0.15, -0.1) is 11.8 Å². The summed E-state index contributed by atoms with van der Waals surface area (Å²) in [6, 6.07) is 13.8. The monoisotopic (exact) mass is 312 g/mol. The topological polar surface area (TPSA) is 32.7 Å². The van der Waals surface area contributed by atoms with E-state index >= 15 is 0 Å². The van der Waals surface area contributed by atoms with Crippen molar-refractivity contribution in [2.24, 2.45) is 10.5 Å². The number of thioether (sulfide) groups is 1. The number of rotatable bonds is 1. The van der Waals surface area contributed by atoms with Crippen LogP contribution in [0.3, 0.4) is 0 Å². The molecule has 1 atom stereocenters.